The first-order valence-corrected chi connectivity index (χ1v) is 21.4. The monoisotopic (exact) mass is 788 g/mol. The molecule has 2 aromatic heterocycles. The molecule has 1 aliphatic rings. The number of para-hydroxylation sites is 4. The van der Waals surface area contributed by atoms with Gasteiger partial charge in [0.1, 0.15) is 22.3 Å². The van der Waals surface area contributed by atoms with E-state index in [4.69, 9.17) is 8.83 Å². The topological polar surface area (TPSA) is 32.8 Å². The molecule has 0 bridgehead atoms. The van der Waals surface area contributed by atoms with Crippen LogP contribution in [-0.2, 0) is 0 Å². The third-order valence-corrected chi connectivity index (χ3v) is 13.2. The van der Waals surface area contributed by atoms with Gasteiger partial charge >= 0.3 is 0 Å². The van der Waals surface area contributed by atoms with Crippen LogP contribution in [0.2, 0.25) is 0 Å². The van der Waals surface area contributed by atoms with Crippen molar-refractivity contribution in [3.63, 3.8) is 0 Å². The predicted molar refractivity (Wildman–Crippen MR) is 256 cm³/mol. The van der Waals surface area contributed by atoms with E-state index in [2.05, 4.69) is 208 Å². The van der Waals surface area contributed by atoms with E-state index in [1.165, 1.54) is 56.0 Å². The van der Waals surface area contributed by atoms with Crippen LogP contribution in [0, 0.1) is 13.8 Å². The second-order valence-corrected chi connectivity index (χ2v) is 17.3. The standard InChI is InChI=1S/C57H44N2O2/c1-33(2)43-15-7-10-19-51(43)58(50-18-9-6-13-34(50)3)41-23-21-37-27-46-48-31-56-49(32-55(48)60-53(46)29-39(37)25-41)47-28-38-22-24-42(26-40(38)30-54(47)61-56)59-52-20-11-8-16-44(52)36(5)45-17-12-14-35(4)57(45)59/h6-33,36H,1-5H3. The molecule has 0 spiro atoms. The summed E-state index contributed by atoms with van der Waals surface area (Å²) in [5.74, 6) is 0.693. The molecule has 1 atom stereocenters. The lowest BCUT2D eigenvalue weighted by molar-refractivity contribution is 0.664. The van der Waals surface area contributed by atoms with Crippen molar-refractivity contribution >= 4 is 99.5 Å². The minimum atomic E-state index is 0.320. The molecule has 9 aromatic carbocycles. The molecule has 11 aromatic rings. The summed E-state index contributed by atoms with van der Waals surface area (Å²) >= 11 is 0. The molecule has 1 unspecified atom stereocenters. The van der Waals surface area contributed by atoms with Gasteiger partial charge in [0.25, 0.3) is 0 Å². The van der Waals surface area contributed by atoms with Crippen LogP contribution in [0.15, 0.2) is 173 Å². The maximum Gasteiger partial charge on any atom is 0.136 e. The SMILES string of the molecule is Cc1ccccc1N(c1ccc2cc3c(cc2c1)oc1cc2c(cc13)oc1cc3cc(N4c5ccccc5C(C)c5cccc(C)c54)ccc3cc12)c1ccccc1C(C)C. The van der Waals surface area contributed by atoms with Gasteiger partial charge in [0.2, 0.25) is 0 Å². The van der Waals surface area contributed by atoms with Gasteiger partial charge in [-0.3, -0.25) is 0 Å². The molecule has 4 heteroatoms. The van der Waals surface area contributed by atoms with Crippen LogP contribution in [0.25, 0.3) is 65.4 Å². The highest BCUT2D eigenvalue weighted by Gasteiger charge is 2.30. The van der Waals surface area contributed by atoms with E-state index in [0.717, 1.165) is 71.4 Å². The number of fused-ring (bicyclic) bond motifs is 10. The first-order chi connectivity index (χ1) is 29.8. The van der Waals surface area contributed by atoms with E-state index >= 15 is 0 Å². The summed E-state index contributed by atoms with van der Waals surface area (Å²) in [6, 6.07) is 59.8. The summed E-state index contributed by atoms with van der Waals surface area (Å²) in [7, 11) is 0. The fraction of sp³-hybridized carbons (Fsp3) is 0.123. The molecule has 0 N–H and O–H groups in total. The molecule has 0 saturated carbocycles. The highest BCUT2D eigenvalue weighted by atomic mass is 16.3. The fourth-order valence-electron chi connectivity index (χ4n) is 10.1. The molecule has 0 aliphatic carbocycles. The summed E-state index contributed by atoms with van der Waals surface area (Å²) in [5, 5.41) is 8.89. The van der Waals surface area contributed by atoms with Crippen LogP contribution in [0.4, 0.5) is 34.1 Å². The molecule has 0 amide bonds. The van der Waals surface area contributed by atoms with E-state index in [0.29, 0.717) is 11.8 Å². The van der Waals surface area contributed by atoms with Crippen molar-refractivity contribution in [2.24, 2.45) is 0 Å². The molecule has 0 fully saturated rings. The van der Waals surface area contributed by atoms with Gasteiger partial charge in [0.15, 0.2) is 0 Å². The first-order valence-electron chi connectivity index (χ1n) is 21.4. The average molecular weight is 789 g/mol. The second kappa shape index (κ2) is 13.4. The fourth-order valence-corrected chi connectivity index (χ4v) is 10.1. The Kier molecular flexibility index (Phi) is 7.80. The van der Waals surface area contributed by atoms with Crippen molar-refractivity contribution in [2.75, 3.05) is 9.80 Å². The zero-order valence-electron chi connectivity index (χ0n) is 35.0. The highest BCUT2D eigenvalue weighted by Crippen LogP contribution is 2.51. The van der Waals surface area contributed by atoms with Crippen molar-refractivity contribution in [3.05, 3.63) is 192 Å². The number of nitrogens with zero attached hydrogens (tertiary/aromatic N) is 2. The number of rotatable bonds is 5. The number of benzene rings is 9. The van der Waals surface area contributed by atoms with Gasteiger partial charge in [0.05, 0.1) is 5.69 Å². The third kappa shape index (κ3) is 5.45. The van der Waals surface area contributed by atoms with Crippen LogP contribution in [-0.4, -0.2) is 0 Å². The van der Waals surface area contributed by atoms with Crippen LogP contribution in [0.1, 0.15) is 60.4 Å². The van der Waals surface area contributed by atoms with Crippen LogP contribution < -0.4 is 9.80 Å². The van der Waals surface area contributed by atoms with Gasteiger partial charge in [-0.2, -0.15) is 0 Å². The number of aryl methyl sites for hydroxylation is 2. The zero-order chi connectivity index (χ0) is 41.1. The Morgan fingerprint density at radius 2 is 1.07 bits per heavy atom. The van der Waals surface area contributed by atoms with Crippen molar-refractivity contribution in [1.82, 2.24) is 0 Å². The number of hydrogen-bond acceptors (Lipinski definition) is 4. The second-order valence-electron chi connectivity index (χ2n) is 17.3. The Hall–Kier alpha value is -7.30. The van der Waals surface area contributed by atoms with Crippen molar-refractivity contribution in [1.29, 1.82) is 0 Å². The van der Waals surface area contributed by atoms with Gasteiger partial charge in [-0.1, -0.05) is 106 Å². The van der Waals surface area contributed by atoms with E-state index in [-0.39, 0.29) is 0 Å². The summed E-state index contributed by atoms with van der Waals surface area (Å²) in [5.41, 5.74) is 17.1. The summed E-state index contributed by atoms with van der Waals surface area (Å²) in [6.45, 7) is 11.3. The van der Waals surface area contributed by atoms with E-state index in [1.807, 2.05) is 0 Å². The first kappa shape index (κ1) is 35.6. The number of furan rings is 2. The number of anilines is 6. The van der Waals surface area contributed by atoms with Gasteiger partial charge in [0, 0.05) is 55.9 Å². The summed E-state index contributed by atoms with van der Waals surface area (Å²) < 4.78 is 13.4. The molecule has 0 saturated heterocycles. The van der Waals surface area contributed by atoms with Crippen LogP contribution in [0.3, 0.4) is 0 Å². The molecule has 0 radical (unpaired) electrons. The molecule has 294 valence electrons. The smallest absolute Gasteiger partial charge is 0.136 e. The van der Waals surface area contributed by atoms with Crippen molar-refractivity contribution in [3.8, 4) is 0 Å². The Bertz CT molecular complexity index is 3590. The summed E-state index contributed by atoms with van der Waals surface area (Å²) in [6.07, 6.45) is 0. The molecule has 4 nitrogen and oxygen atoms in total. The lowest BCUT2D eigenvalue weighted by atomic mass is 9.84. The lowest BCUT2D eigenvalue weighted by Crippen LogP contribution is -2.21. The van der Waals surface area contributed by atoms with E-state index in [1.54, 1.807) is 0 Å². The van der Waals surface area contributed by atoms with Crippen molar-refractivity contribution in [2.45, 2.75) is 46.5 Å². The highest BCUT2D eigenvalue weighted by molar-refractivity contribution is 6.18. The molecule has 61 heavy (non-hydrogen) atoms. The van der Waals surface area contributed by atoms with Gasteiger partial charge in [-0.15, -0.1) is 0 Å². The van der Waals surface area contributed by atoms with Crippen LogP contribution in [0.5, 0.6) is 0 Å². The van der Waals surface area contributed by atoms with Crippen LogP contribution >= 0.6 is 0 Å². The maximum atomic E-state index is 6.71. The summed E-state index contributed by atoms with van der Waals surface area (Å²) in [4.78, 5) is 4.85. The maximum absolute atomic E-state index is 6.71. The number of hydrogen-bond donors (Lipinski definition) is 0. The largest absolute Gasteiger partial charge is 0.456 e. The lowest BCUT2D eigenvalue weighted by Gasteiger charge is -2.37. The molecular weight excluding hydrogens is 745 g/mol. The molecule has 12 rings (SSSR count). The Morgan fingerprint density at radius 1 is 0.492 bits per heavy atom. The Balaban J connectivity index is 0.963. The van der Waals surface area contributed by atoms with Gasteiger partial charge < -0.3 is 18.6 Å². The minimum Gasteiger partial charge on any atom is -0.456 e. The minimum absolute atomic E-state index is 0.320. The molecule has 1 aliphatic heterocycles. The van der Waals surface area contributed by atoms with E-state index < -0.39 is 0 Å². The normalized spacial score (nSPS) is 13.9. The van der Waals surface area contributed by atoms with Gasteiger partial charge in [-0.25, -0.2) is 0 Å². The predicted octanol–water partition coefficient (Wildman–Crippen LogP) is 16.9. The quantitative estimate of drug-likeness (QED) is 0.174. The average Bonchev–Trinajstić information content (AvgIpc) is 3.80. The third-order valence-electron chi connectivity index (χ3n) is 13.2. The molecular formula is C57H44N2O2. The Labute approximate surface area is 354 Å². The zero-order valence-corrected chi connectivity index (χ0v) is 35.0. The van der Waals surface area contributed by atoms with Gasteiger partial charge in [-0.05, 0) is 148 Å². The van der Waals surface area contributed by atoms with E-state index in [9.17, 15) is 0 Å². The molecule has 3 heterocycles. The Morgan fingerprint density at radius 3 is 1.79 bits per heavy atom. The van der Waals surface area contributed by atoms with Crippen molar-refractivity contribution < 1.29 is 8.83 Å².